The fourth-order valence-electron chi connectivity index (χ4n) is 3.28. The van der Waals surface area contributed by atoms with Crippen LogP contribution in [0.3, 0.4) is 0 Å². The van der Waals surface area contributed by atoms with Crippen LogP contribution in [0.2, 0.25) is 0 Å². The molecular weight excluding hydrogens is 352 g/mol. The molecule has 0 atom stereocenters. The van der Waals surface area contributed by atoms with Crippen LogP contribution in [0.25, 0.3) is 10.9 Å². The van der Waals surface area contributed by atoms with Gasteiger partial charge in [0.1, 0.15) is 5.75 Å². The molecule has 0 saturated heterocycles. The van der Waals surface area contributed by atoms with Crippen LogP contribution < -0.4 is 15.4 Å². The number of aromatic nitrogens is 2. The van der Waals surface area contributed by atoms with Crippen molar-refractivity contribution < 1.29 is 4.74 Å². The lowest BCUT2D eigenvalue weighted by molar-refractivity contribution is 0.252. The smallest absolute Gasteiger partial charge is 0.230 e. The number of aliphatic imine (C=N–C) groups is 1. The van der Waals surface area contributed by atoms with Crippen LogP contribution in [0.5, 0.6) is 5.75 Å². The largest absolute Gasteiger partial charge is 0.496 e. The highest BCUT2D eigenvalue weighted by Gasteiger charge is 2.15. The minimum atomic E-state index is 0.554. The molecule has 0 amide bonds. The number of nitrogens with one attached hydrogen (secondary N) is 2. The molecule has 7 heteroatoms. The number of aryl methyl sites for hydroxylation is 2. The van der Waals surface area contributed by atoms with E-state index >= 15 is 0 Å². The normalized spacial score (nSPS) is 14.5. The quantitative estimate of drug-likeness (QED) is 0.729. The van der Waals surface area contributed by atoms with Gasteiger partial charge in [-0.15, -0.1) is 0 Å². The summed E-state index contributed by atoms with van der Waals surface area (Å²) in [5.41, 5.74) is 4.22. The fraction of sp³-hybridized carbons (Fsp3) is 0.286. The zero-order chi connectivity index (χ0) is 19.5. The van der Waals surface area contributed by atoms with E-state index in [1.807, 2.05) is 31.2 Å². The van der Waals surface area contributed by atoms with Crippen molar-refractivity contribution in [2.24, 2.45) is 4.99 Å². The Morgan fingerprint density at radius 3 is 2.79 bits per heavy atom. The van der Waals surface area contributed by atoms with Gasteiger partial charge in [0.15, 0.2) is 0 Å². The zero-order valence-electron chi connectivity index (χ0n) is 16.4. The molecule has 0 fully saturated rings. The molecule has 2 heterocycles. The van der Waals surface area contributed by atoms with Gasteiger partial charge in [-0.25, -0.2) is 15.0 Å². The van der Waals surface area contributed by atoms with Crippen molar-refractivity contribution in [3.8, 4) is 5.75 Å². The SMILES string of the molecule is COc1ccccc1CN1CN=C(Nc2nc(C)c3cc(C)ccc3n2)NC1. The third-order valence-electron chi connectivity index (χ3n) is 4.76. The molecule has 7 nitrogen and oxygen atoms in total. The van der Waals surface area contributed by atoms with Crippen molar-refractivity contribution in [2.45, 2.75) is 20.4 Å². The number of guanidine groups is 1. The first kappa shape index (κ1) is 18.2. The van der Waals surface area contributed by atoms with Crippen molar-refractivity contribution in [2.75, 3.05) is 25.8 Å². The molecular formula is C21H24N6O. The average molecular weight is 376 g/mol. The molecule has 144 valence electrons. The van der Waals surface area contributed by atoms with Gasteiger partial charge in [-0.2, -0.15) is 0 Å². The molecule has 1 aliphatic heterocycles. The molecule has 2 N–H and O–H groups in total. The highest BCUT2D eigenvalue weighted by atomic mass is 16.5. The van der Waals surface area contributed by atoms with Gasteiger partial charge < -0.3 is 10.1 Å². The first-order chi connectivity index (χ1) is 13.6. The van der Waals surface area contributed by atoms with E-state index in [1.165, 1.54) is 5.56 Å². The van der Waals surface area contributed by atoms with Crippen LogP contribution in [0, 0.1) is 13.8 Å². The number of benzene rings is 2. The molecule has 0 bridgehead atoms. The number of hydrogen-bond acceptors (Lipinski definition) is 7. The maximum Gasteiger partial charge on any atom is 0.230 e. The second-order valence-electron chi connectivity index (χ2n) is 6.90. The number of hydrogen-bond donors (Lipinski definition) is 2. The van der Waals surface area contributed by atoms with Crippen LogP contribution in [0.1, 0.15) is 16.8 Å². The Balaban J connectivity index is 1.44. The van der Waals surface area contributed by atoms with E-state index in [-0.39, 0.29) is 0 Å². The van der Waals surface area contributed by atoms with Gasteiger partial charge in [0.05, 0.1) is 31.7 Å². The third kappa shape index (κ3) is 3.89. The summed E-state index contributed by atoms with van der Waals surface area (Å²) in [5, 5.41) is 7.57. The molecule has 2 aromatic carbocycles. The van der Waals surface area contributed by atoms with E-state index in [0.717, 1.165) is 34.5 Å². The minimum absolute atomic E-state index is 0.554. The predicted molar refractivity (Wildman–Crippen MR) is 111 cm³/mol. The van der Waals surface area contributed by atoms with Crippen LogP contribution in [0.4, 0.5) is 5.95 Å². The van der Waals surface area contributed by atoms with Crippen molar-refractivity contribution in [3.05, 3.63) is 59.3 Å². The number of ether oxygens (including phenoxy) is 1. The Hall–Kier alpha value is -3.19. The Labute approximate surface area is 164 Å². The summed E-state index contributed by atoms with van der Waals surface area (Å²) >= 11 is 0. The standard InChI is InChI=1S/C21H24N6O/c1-14-8-9-18-17(10-14)15(2)24-21(25-18)26-20-22-12-27(13-23-20)11-16-6-4-5-7-19(16)28-3/h4-10H,11-13H2,1-3H3,(H2,22,23,24,25,26). The maximum absolute atomic E-state index is 5.43. The molecule has 1 aromatic heterocycles. The predicted octanol–water partition coefficient (Wildman–Crippen LogP) is 3.04. The van der Waals surface area contributed by atoms with Gasteiger partial charge in [-0.3, -0.25) is 10.2 Å². The van der Waals surface area contributed by atoms with Gasteiger partial charge in [0, 0.05) is 17.5 Å². The van der Waals surface area contributed by atoms with Gasteiger partial charge in [-0.05, 0) is 32.0 Å². The van der Waals surface area contributed by atoms with E-state index in [9.17, 15) is 0 Å². The fourth-order valence-corrected chi connectivity index (χ4v) is 3.28. The van der Waals surface area contributed by atoms with E-state index in [4.69, 9.17) is 4.74 Å². The van der Waals surface area contributed by atoms with Gasteiger partial charge in [-0.1, -0.05) is 29.8 Å². The zero-order valence-corrected chi connectivity index (χ0v) is 16.4. The van der Waals surface area contributed by atoms with Crippen molar-refractivity contribution in [1.82, 2.24) is 20.2 Å². The van der Waals surface area contributed by atoms with Gasteiger partial charge in [0.25, 0.3) is 0 Å². The molecule has 0 aliphatic carbocycles. The van der Waals surface area contributed by atoms with Crippen LogP contribution >= 0.6 is 0 Å². The molecule has 0 saturated carbocycles. The topological polar surface area (TPSA) is 74.7 Å². The van der Waals surface area contributed by atoms with E-state index in [2.05, 4.69) is 55.6 Å². The van der Waals surface area contributed by atoms with Crippen molar-refractivity contribution in [3.63, 3.8) is 0 Å². The van der Waals surface area contributed by atoms with Crippen LogP contribution in [-0.4, -0.2) is 41.3 Å². The first-order valence-corrected chi connectivity index (χ1v) is 9.27. The monoisotopic (exact) mass is 376 g/mol. The summed E-state index contributed by atoms with van der Waals surface area (Å²) in [6, 6.07) is 14.2. The van der Waals surface area contributed by atoms with Crippen molar-refractivity contribution in [1.29, 1.82) is 0 Å². The number of fused-ring (bicyclic) bond motifs is 1. The molecule has 0 unspecified atom stereocenters. The molecule has 0 spiro atoms. The first-order valence-electron chi connectivity index (χ1n) is 9.27. The number of para-hydroxylation sites is 1. The molecule has 4 rings (SSSR count). The lowest BCUT2D eigenvalue weighted by Crippen LogP contribution is -2.45. The molecule has 3 aromatic rings. The minimum Gasteiger partial charge on any atom is -0.496 e. The van der Waals surface area contributed by atoms with Gasteiger partial charge >= 0.3 is 0 Å². The Kier molecular flexibility index (Phi) is 5.08. The second kappa shape index (κ2) is 7.82. The Bertz CT molecular complexity index is 1030. The summed E-state index contributed by atoms with van der Waals surface area (Å²) in [6.45, 7) is 6.09. The van der Waals surface area contributed by atoms with E-state index in [1.54, 1.807) is 7.11 Å². The molecule has 0 radical (unpaired) electrons. The number of rotatable bonds is 4. The Morgan fingerprint density at radius 2 is 2.00 bits per heavy atom. The Morgan fingerprint density at radius 1 is 1.14 bits per heavy atom. The summed E-state index contributed by atoms with van der Waals surface area (Å²) in [6.07, 6.45) is 0. The van der Waals surface area contributed by atoms with Gasteiger partial charge in [0.2, 0.25) is 11.9 Å². The second-order valence-corrected chi connectivity index (χ2v) is 6.90. The summed E-state index contributed by atoms with van der Waals surface area (Å²) < 4.78 is 5.43. The summed E-state index contributed by atoms with van der Waals surface area (Å²) in [4.78, 5) is 16.0. The van der Waals surface area contributed by atoms with Crippen LogP contribution in [-0.2, 0) is 6.54 Å². The highest BCUT2D eigenvalue weighted by Crippen LogP contribution is 2.20. The molecule has 28 heavy (non-hydrogen) atoms. The number of nitrogens with zero attached hydrogens (tertiary/aromatic N) is 4. The summed E-state index contributed by atoms with van der Waals surface area (Å²) in [5.74, 6) is 2.13. The molecule has 1 aliphatic rings. The third-order valence-corrected chi connectivity index (χ3v) is 4.76. The maximum atomic E-state index is 5.43. The van der Waals surface area contributed by atoms with Crippen LogP contribution in [0.15, 0.2) is 47.5 Å². The van der Waals surface area contributed by atoms with E-state index < -0.39 is 0 Å². The average Bonchev–Trinajstić information content (AvgIpc) is 2.70. The van der Waals surface area contributed by atoms with E-state index in [0.29, 0.717) is 25.2 Å². The lowest BCUT2D eigenvalue weighted by Gasteiger charge is -2.27. The summed E-state index contributed by atoms with van der Waals surface area (Å²) in [7, 11) is 1.69. The number of anilines is 1. The number of methoxy groups -OCH3 is 1. The van der Waals surface area contributed by atoms with Crippen molar-refractivity contribution >= 4 is 22.8 Å². The lowest BCUT2D eigenvalue weighted by atomic mass is 10.1. The highest BCUT2D eigenvalue weighted by molar-refractivity contribution is 5.93.